The van der Waals surface area contributed by atoms with E-state index < -0.39 is 14.9 Å². The van der Waals surface area contributed by atoms with Crippen LogP contribution in [0.5, 0.6) is 5.88 Å². The Labute approximate surface area is 223 Å². The fraction of sp³-hybridized carbons (Fsp3) is 0.200. The zero-order chi connectivity index (χ0) is 26.1. The number of nitrogens with one attached hydrogen (secondary N) is 1. The van der Waals surface area contributed by atoms with Crippen LogP contribution in [0.4, 0.5) is 5.69 Å². The minimum Gasteiger partial charge on any atom is -0.473 e. The molecule has 2 aromatic heterocycles. The number of hydrogen-bond acceptors (Lipinski definition) is 7. The van der Waals surface area contributed by atoms with Gasteiger partial charge in [0.1, 0.15) is 16.5 Å². The molecule has 0 spiro atoms. The van der Waals surface area contributed by atoms with Gasteiger partial charge >= 0.3 is 0 Å². The van der Waals surface area contributed by atoms with Crippen LogP contribution in [-0.4, -0.2) is 26.4 Å². The summed E-state index contributed by atoms with van der Waals surface area (Å²) in [7, 11) is -2.67. The van der Waals surface area contributed by atoms with Gasteiger partial charge in [-0.15, -0.1) is 11.3 Å². The molecule has 11 heteroatoms. The third-order valence-electron chi connectivity index (χ3n) is 5.61. The number of nitrogens with zero attached hydrogens (tertiary/aromatic N) is 1. The number of fused-ring (bicyclic) bond motifs is 1. The highest BCUT2D eigenvalue weighted by Crippen LogP contribution is 2.35. The number of halogens is 2. The molecule has 2 aromatic carbocycles. The maximum absolute atomic E-state index is 13.0. The van der Waals surface area contributed by atoms with E-state index in [1.165, 1.54) is 17.4 Å². The maximum atomic E-state index is 13.0. The summed E-state index contributed by atoms with van der Waals surface area (Å²) >= 11 is 13.3. The molecule has 0 aliphatic heterocycles. The van der Waals surface area contributed by atoms with Crippen molar-refractivity contribution in [2.24, 2.45) is 0 Å². The van der Waals surface area contributed by atoms with Crippen LogP contribution in [0.3, 0.4) is 0 Å². The minimum absolute atomic E-state index is 0.168. The number of aromatic nitrogens is 1. The Morgan fingerprint density at radius 2 is 1.78 bits per heavy atom. The molecule has 4 aromatic rings. The summed E-state index contributed by atoms with van der Waals surface area (Å²) in [6, 6.07) is 17.3. The topological polar surface area (TPSA) is 94.6 Å². The first-order valence-electron chi connectivity index (χ1n) is 10.7. The molecule has 36 heavy (non-hydrogen) atoms. The van der Waals surface area contributed by atoms with Gasteiger partial charge in [0.05, 0.1) is 12.0 Å². The number of amides is 1. The van der Waals surface area contributed by atoms with Gasteiger partial charge in [0, 0.05) is 21.5 Å². The molecular formula is C25H22Cl2N2O5S2. The van der Waals surface area contributed by atoms with Gasteiger partial charge in [0.2, 0.25) is 5.88 Å². The van der Waals surface area contributed by atoms with E-state index in [0.717, 1.165) is 22.8 Å². The summed E-state index contributed by atoms with van der Waals surface area (Å²) in [4.78, 5) is 17.6. The molecule has 0 unspecified atom stereocenters. The highest BCUT2D eigenvalue weighted by molar-refractivity contribution is 7.87. The highest BCUT2D eigenvalue weighted by atomic mass is 35.5. The van der Waals surface area contributed by atoms with Crippen molar-refractivity contribution >= 4 is 66.3 Å². The van der Waals surface area contributed by atoms with Crippen molar-refractivity contribution in [1.82, 2.24) is 4.98 Å². The standard InChI is InChI=1S/C25H22Cl2N2O5S2/c1-25(2,36(31,32)33-3)17-6-9-20-16(10-17)11-21(35-20)24(30)28-19-12-22(27)29-23(13-19)34-14-15-4-7-18(26)8-5-15/h4-13H,14H2,1-3H3,(H,28,29,30). The molecule has 0 saturated heterocycles. The van der Waals surface area contributed by atoms with Crippen LogP contribution in [0.25, 0.3) is 10.1 Å². The van der Waals surface area contributed by atoms with Crippen LogP contribution in [0.1, 0.15) is 34.6 Å². The molecule has 0 aliphatic carbocycles. The summed E-state index contributed by atoms with van der Waals surface area (Å²) in [5, 5.41) is 4.37. The van der Waals surface area contributed by atoms with E-state index in [9.17, 15) is 13.2 Å². The average Bonchev–Trinajstić information content (AvgIpc) is 3.27. The number of pyridine rings is 1. The third-order valence-corrected chi connectivity index (χ3v) is 9.09. The van der Waals surface area contributed by atoms with Gasteiger partial charge in [0.15, 0.2) is 0 Å². The zero-order valence-electron chi connectivity index (χ0n) is 19.5. The molecule has 0 radical (unpaired) electrons. The van der Waals surface area contributed by atoms with Crippen molar-refractivity contribution in [1.29, 1.82) is 0 Å². The van der Waals surface area contributed by atoms with Crippen molar-refractivity contribution in [3.8, 4) is 5.88 Å². The van der Waals surface area contributed by atoms with Crippen LogP contribution in [0, 0.1) is 0 Å². The highest BCUT2D eigenvalue weighted by Gasteiger charge is 2.36. The predicted octanol–water partition coefficient (Wildman–Crippen LogP) is 6.65. The smallest absolute Gasteiger partial charge is 0.276 e. The summed E-state index contributed by atoms with van der Waals surface area (Å²) in [6.07, 6.45) is 0. The fourth-order valence-electron chi connectivity index (χ4n) is 3.43. The molecule has 188 valence electrons. The SMILES string of the molecule is COS(=O)(=O)C(C)(C)c1ccc2sc(C(=O)Nc3cc(Cl)nc(OCc4ccc(Cl)cc4)c3)cc2c1. The van der Waals surface area contributed by atoms with Crippen LogP contribution in [0.15, 0.2) is 60.7 Å². The van der Waals surface area contributed by atoms with Gasteiger partial charge in [-0.25, -0.2) is 4.98 Å². The van der Waals surface area contributed by atoms with Gasteiger partial charge in [-0.2, -0.15) is 8.42 Å². The lowest BCUT2D eigenvalue weighted by molar-refractivity contribution is 0.103. The lowest BCUT2D eigenvalue weighted by Gasteiger charge is -2.23. The van der Waals surface area contributed by atoms with Gasteiger partial charge < -0.3 is 10.1 Å². The molecule has 0 atom stereocenters. The van der Waals surface area contributed by atoms with Crippen LogP contribution < -0.4 is 10.1 Å². The van der Waals surface area contributed by atoms with Crippen molar-refractivity contribution in [2.45, 2.75) is 25.2 Å². The Morgan fingerprint density at radius 3 is 2.47 bits per heavy atom. The van der Waals surface area contributed by atoms with Crippen LogP contribution >= 0.6 is 34.5 Å². The summed E-state index contributed by atoms with van der Waals surface area (Å²) in [5.41, 5.74) is 1.89. The monoisotopic (exact) mass is 564 g/mol. The van der Waals surface area contributed by atoms with Gasteiger partial charge in [-0.3, -0.25) is 8.98 Å². The second-order valence-electron chi connectivity index (χ2n) is 8.38. The average molecular weight is 566 g/mol. The van der Waals surface area contributed by atoms with E-state index in [0.29, 0.717) is 21.2 Å². The molecule has 0 saturated carbocycles. The third kappa shape index (κ3) is 5.66. The molecule has 1 amide bonds. The number of ether oxygens (including phenoxy) is 1. The van der Waals surface area contributed by atoms with Crippen molar-refractivity contribution in [3.63, 3.8) is 0 Å². The van der Waals surface area contributed by atoms with E-state index in [1.54, 1.807) is 56.3 Å². The van der Waals surface area contributed by atoms with Gasteiger partial charge in [-0.05, 0) is 66.8 Å². The second kappa shape index (κ2) is 10.4. The van der Waals surface area contributed by atoms with Crippen molar-refractivity contribution < 1.29 is 22.1 Å². The van der Waals surface area contributed by atoms with Crippen LogP contribution in [-0.2, 0) is 25.7 Å². The number of hydrogen-bond donors (Lipinski definition) is 1. The van der Waals surface area contributed by atoms with Crippen molar-refractivity contribution in [2.75, 3.05) is 12.4 Å². The Balaban J connectivity index is 1.52. The lowest BCUT2D eigenvalue weighted by atomic mass is 10.0. The summed E-state index contributed by atoms with van der Waals surface area (Å²) in [5.74, 6) is -0.0808. The minimum atomic E-state index is -3.81. The molecule has 0 bridgehead atoms. The van der Waals surface area contributed by atoms with E-state index >= 15 is 0 Å². The van der Waals surface area contributed by atoms with E-state index in [4.69, 9.17) is 32.1 Å². The number of rotatable bonds is 8. The second-order valence-corrected chi connectivity index (χ2v) is 12.6. The Hall–Kier alpha value is -2.69. The number of thiophene rings is 1. The van der Waals surface area contributed by atoms with E-state index in [1.807, 2.05) is 12.1 Å². The first-order chi connectivity index (χ1) is 17.0. The first-order valence-corrected chi connectivity index (χ1v) is 13.7. The van der Waals surface area contributed by atoms with Gasteiger partial charge in [0.25, 0.3) is 16.0 Å². The maximum Gasteiger partial charge on any atom is 0.276 e. The van der Waals surface area contributed by atoms with Gasteiger partial charge in [-0.1, -0.05) is 41.4 Å². The molecule has 7 nitrogen and oxygen atoms in total. The molecule has 0 aliphatic rings. The predicted molar refractivity (Wildman–Crippen MR) is 144 cm³/mol. The number of carbonyl (C=O) groups excluding carboxylic acids is 1. The normalized spacial score (nSPS) is 12.0. The Kier molecular flexibility index (Phi) is 7.59. The van der Waals surface area contributed by atoms with E-state index in [-0.39, 0.29) is 23.5 Å². The molecular weight excluding hydrogens is 543 g/mol. The number of anilines is 1. The Morgan fingerprint density at radius 1 is 1.06 bits per heavy atom. The molecule has 0 fully saturated rings. The Bertz CT molecular complexity index is 1530. The molecule has 1 N–H and O–H groups in total. The molecule has 2 heterocycles. The first kappa shape index (κ1) is 26.4. The molecule has 4 rings (SSSR count). The summed E-state index contributed by atoms with van der Waals surface area (Å²) in [6.45, 7) is 3.41. The zero-order valence-corrected chi connectivity index (χ0v) is 22.7. The quantitative estimate of drug-likeness (QED) is 0.190. The number of carbonyl (C=O) groups is 1. The van der Waals surface area contributed by atoms with E-state index in [2.05, 4.69) is 10.3 Å². The fourth-order valence-corrected chi connectivity index (χ4v) is 5.53. The van der Waals surface area contributed by atoms with Crippen molar-refractivity contribution in [3.05, 3.63) is 86.8 Å². The number of benzene rings is 2. The largest absolute Gasteiger partial charge is 0.473 e. The van der Waals surface area contributed by atoms with Crippen LogP contribution in [0.2, 0.25) is 10.2 Å². The lowest BCUT2D eigenvalue weighted by Crippen LogP contribution is -2.30. The summed E-state index contributed by atoms with van der Waals surface area (Å²) < 4.78 is 34.7.